The number of hydrogen-bond donors (Lipinski definition) is 0. The number of hydrogen-bond acceptors (Lipinski definition) is 5. The van der Waals surface area contributed by atoms with Crippen LogP contribution in [-0.2, 0) is 14.3 Å². The van der Waals surface area contributed by atoms with Gasteiger partial charge in [-0.1, -0.05) is 44.0 Å². The van der Waals surface area contributed by atoms with Gasteiger partial charge in [-0.2, -0.15) is 0 Å². The Hall–Kier alpha value is -3.35. The van der Waals surface area contributed by atoms with Crippen molar-refractivity contribution in [3.8, 4) is 5.75 Å². The van der Waals surface area contributed by atoms with Crippen molar-refractivity contribution in [1.82, 2.24) is 9.55 Å². The maximum absolute atomic E-state index is 13.8. The molecule has 0 aliphatic carbocycles. The van der Waals surface area contributed by atoms with Crippen LogP contribution in [0.2, 0.25) is 0 Å². The van der Waals surface area contributed by atoms with Crippen LogP contribution in [0.4, 0.5) is 5.95 Å². The van der Waals surface area contributed by atoms with Crippen molar-refractivity contribution in [2.24, 2.45) is 5.92 Å². The van der Waals surface area contributed by atoms with Gasteiger partial charge in [0.15, 0.2) is 5.92 Å². The predicted molar refractivity (Wildman–Crippen MR) is 127 cm³/mol. The number of carbonyl (C=O) groups is 2. The average Bonchev–Trinajstić information content (AvgIpc) is 3.20. The molecular weight excluding hydrogens is 418 g/mol. The first-order valence-electron chi connectivity index (χ1n) is 11.8. The minimum absolute atomic E-state index is 0.214. The summed E-state index contributed by atoms with van der Waals surface area (Å²) in [5.74, 6) is -0.434. The minimum Gasteiger partial charge on any atom is -0.494 e. The molecule has 0 unspecified atom stereocenters. The van der Waals surface area contributed by atoms with Gasteiger partial charge in [0.25, 0.3) is 0 Å². The Kier molecular flexibility index (Phi) is 6.96. The zero-order valence-corrected chi connectivity index (χ0v) is 19.5. The lowest BCUT2D eigenvalue weighted by molar-refractivity contribution is -0.153. The van der Waals surface area contributed by atoms with Crippen molar-refractivity contribution in [2.45, 2.75) is 46.1 Å². The van der Waals surface area contributed by atoms with Crippen LogP contribution in [0.1, 0.15) is 51.6 Å². The molecule has 7 heteroatoms. The molecule has 1 aliphatic rings. The quantitative estimate of drug-likeness (QED) is 0.268. The lowest BCUT2D eigenvalue weighted by atomic mass is 9.89. The van der Waals surface area contributed by atoms with Crippen LogP contribution in [0, 0.1) is 5.92 Å². The largest absolute Gasteiger partial charge is 0.494 e. The van der Waals surface area contributed by atoms with Crippen LogP contribution >= 0.6 is 0 Å². The summed E-state index contributed by atoms with van der Waals surface area (Å²) in [4.78, 5) is 33.4. The summed E-state index contributed by atoms with van der Waals surface area (Å²) < 4.78 is 13.0. The van der Waals surface area contributed by atoms with E-state index in [0.29, 0.717) is 19.1 Å². The number of rotatable bonds is 9. The summed E-state index contributed by atoms with van der Waals surface area (Å²) in [5, 5.41) is 0. The number of fused-ring (bicyclic) bond motifs is 3. The second kappa shape index (κ2) is 10.1. The van der Waals surface area contributed by atoms with Crippen molar-refractivity contribution < 1.29 is 19.1 Å². The van der Waals surface area contributed by atoms with Gasteiger partial charge in [-0.25, -0.2) is 4.98 Å². The maximum atomic E-state index is 13.8. The summed E-state index contributed by atoms with van der Waals surface area (Å²) in [6.45, 7) is 7.11. The average molecular weight is 450 g/mol. The van der Waals surface area contributed by atoms with Gasteiger partial charge >= 0.3 is 5.97 Å². The molecule has 2 atom stereocenters. The van der Waals surface area contributed by atoms with Gasteiger partial charge in [0.1, 0.15) is 5.75 Å². The van der Waals surface area contributed by atoms with E-state index in [0.717, 1.165) is 41.6 Å². The second-order valence-electron chi connectivity index (χ2n) is 8.14. The molecule has 7 nitrogen and oxygen atoms in total. The minimum atomic E-state index is -0.991. The van der Waals surface area contributed by atoms with Crippen LogP contribution in [0.5, 0.6) is 5.75 Å². The molecule has 1 amide bonds. The van der Waals surface area contributed by atoms with Crippen molar-refractivity contribution >= 4 is 28.9 Å². The monoisotopic (exact) mass is 449 g/mol. The highest BCUT2D eigenvalue weighted by Crippen LogP contribution is 2.41. The number of nitrogens with zero attached hydrogens (tertiary/aromatic N) is 3. The molecule has 0 saturated carbocycles. The van der Waals surface area contributed by atoms with Crippen LogP contribution in [0.25, 0.3) is 11.0 Å². The van der Waals surface area contributed by atoms with Gasteiger partial charge < -0.3 is 14.0 Å². The van der Waals surface area contributed by atoms with Crippen LogP contribution in [0.15, 0.2) is 48.5 Å². The molecule has 0 bridgehead atoms. The summed E-state index contributed by atoms with van der Waals surface area (Å²) >= 11 is 0. The highest BCUT2D eigenvalue weighted by atomic mass is 16.5. The molecule has 2 aromatic carbocycles. The van der Waals surface area contributed by atoms with Gasteiger partial charge in [0.05, 0.1) is 30.3 Å². The number of ether oxygens (including phenoxy) is 2. The summed E-state index contributed by atoms with van der Waals surface area (Å²) in [5.41, 5.74) is 2.51. The number of unbranched alkanes of at least 4 members (excludes halogenated alkanes) is 2. The lowest BCUT2D eigenvalue weighted by Gasteiger charge is -2.38. The molecule has 33 heavy (non-hydrogen) atoms. The SMILES string of the molecule is CCCCCN1C(=O)[C@@H](C(=O)OCC)[C@@H](c2ccc(OCC)cc2)n2c1nc1ccccc12. The van der Waals surface area contributed by atoms with Crippen molar-refractivity contribution in [3.05, 3.63) is 54.1 Å². The van der Waals surface area contributed by atoms with E-state index in [1.807, 2.05) is 60.0 Å². The third-order valence-electron chi connectivity index (χ3n) is 6.00. The second-order valence-corrected chi connectivity index (χ2v) is 8.14. The Morgan fingerprint density at radius 2 is 1.76 bits per heavy atom. The summed E-state index contributed by atoms with van der Waals surface area (Å²) in [6.07, 6.45) is 2.87. The van der Waals surface area contributed by atoms with Crippen LogP contribution < -0.4 is 9.64 Å². The number of imidazole rings is 1. The number of anilines is 1. The van der Waals surface area contributed by atoms with E-state index in [9.17, 15) is 9.59 Å². The van der Waals surface area contributed by atoms with E-state index in [1.165, 1.54) is 0 Å². The van der Waals surface area contributed by atoms with E-state index in [1.54, 1.807) is 11.8 Å². The smallest absolute Gasteiger partial charge is 0.321 e. The van der Waals surface area contributed by atoms with Crippen molar-refractivity contribution in [3.63, 3.8) is 0 Å². The fourth-order valence-corrected chi connectivity index (χ4v) is 4.51. The van der Waals surface area contributed by atoms with Crippen LogP contribution in [-0.4, -0.2) is 41.2 Å². The van der Waals surface area contributed by atoms with E-state index < -0.39 is 17.9 Å². The zero-order chi connectivity index (χ0) is 23.4. The molecular formula is C26H31N3O4. The topological polar surface area (TPSA) is 73.7 Å². The zero-order valence-electron chi connectivity index (χ0n) is 19.5. The molecule has 4 rings (SSSR count). The van der Waals surface area contributed by atoms with Crippen molar-refractivity contribution in [1.29, 1.82) is 0 Å². The lowest BCUT2D eigenvalue weighted by Crippen LogP contribution is -2.50. The molecule has 0 spiro atoms. The fourth-order valence-electron chi connectivity index (χ4n) is 4.51. The van der Waals surface area contributed by atoms with E-state index in [4.69, 9.17) is 14.5 Å². The number of para-hydroxylation sites is 2. The standard InChI is InChI=1S/C26H31N3O4/c1-4-7-10-17-28-24(30)22(25(31)33-6-3)23(18-13-15-19(16-14-18)32-5-2)29-21-12-9-8-11-20(21)27-26(28)29/h8-9,11-16,22-23H,4-7,10,17H2,1-3H3/t22-,23+/m0/s1. The Morgan fingerprint density at radius 3 is 2.45 bits per heavy atom. The first-order chi connectivity index (χ1) is 16.1. The van der Waals surface area contributed by atoms with Gasteiger partial charge in [0.2, 0.25) is 11.9 Å². The third-order valence-corrected chi connectivity index (χ3v) is 6.00. The van der Waals surface area contributed by atoms with Gasteiger partial charge in [-0.15, -0.1) is 0 Å². The number of amides is 1. The van der Waals surface area contributed by atoms with Gasteiger partial charge in [-0.3, -0.25) is 14.5 Å². The molecule has 0 fully saturated rings. The molecule has 1 aliphatic heterocycles. The molecule has 0 saturated heterocycles. The van der Waals surface area contributed by atoms with E-state index in [-0.39, 0.29) is 12.5 Å². The van der Waals surface area contributed by atoms with Crippen LogP contribution in [0.3, 0.4) is 0 Å². The Labute approximate surface area is 194 Å². The maximum Gasteiger partial charge on any atom is 0.321 e. The fraction of sp³-hybridized carbons (Fsp3) is 0.423. The number of aromatic nitrogens is 2. The first kappa shape index (κ1) is 22.8. The number of esters is 1. The molecule has 174 valence electrons. The Balaban J connectivity index is 1.89. The molecule has 3 aromatic rings. The number of benzene rings is 2. The highest BCUT2D eigenvalue weighted by Gasteiger charge is 2.47. The van der Waals surface area contributed by atoms with E-state index in [2.05, 4.69) is 6.92 Å². The highest BCUT2D eigenvalue weighted by molar-refractivity contribution is 6.08. The Bertz CT molecular complexity index is 1120. The Morgan fingerprint density at radius 1 is 1.00 bits per heavy atom. The first-order valence-corrected chi connectivity index (χ1v) is 11.8. The van der Waals surface area contributed by atoms with Crippen molar-refractivity contribution in [2.75, 3.05) is 24.7 Å². The molecule has 2 heterocycles. The predicted octanol–water partition coefficient (Wildman–Crippen LogP) is 4.74. The number of carbonyl (C=O) groups excluding carboxylic acids is 2. The normalized spacial score (nSPS) is 17.8. The summed E-state index contributed by atoms with van der Waals surface area (Å²) in [6, 6.07) is 14.8. The summed E-state index contributed by atoms with van der Waals surface area (Å²) in [7, 11) is 0. The molecule has 1 aromatic heterocycles. The molecule has 0 N–H and O–H groups in total. The van der Waals surface area contributed by atoms with E-state index >= 15 is 0 Å². The van der Waals surface area contributed by atoms with Gasteiger partial charge in [0, 0.05) is 6.54 Å². The van der Waals surface area contributed by atoms with Gasteiger partial charge in [-0.05, 0) is 50.1 Å². The molecule has 0 radical (unpaired) electrons. The third kappa shape index (κ3) is 4.32.